The highest BCUT2D eigenvalue weighted by molar-refractivity contribution is 7.89. The molecule has 1 aliphatic heterocycles. The van der Waals surface area contributed by atoms with E-state index in [9.17, 15) is 26.0 Å². The molecule has 0 unspecified atom stereocenters. The van der Waals surface area contributed by atoms with Gasteiger partial charge in [-0.15, -0.1) is 0 Å². The van der Waals surface area contributed by atoms with Crippen LogP contribution in [-0.4, -0.2) is 25.3 Å². The van der Waals surface area contributed by atoms with E-state index in [1.807, 2.05) is 19.1 Å². The summed E-state index contributed by atoms with van der Waals surface area (Å²) in [5.41, 5.74) is 2.18. The Kier molecular flexibility index (Phi) is 7.33. The molecule has 2 fully saturated rings. The Balaban J connectivity index is 1.54. The second-order valence-electron chi connectivity index (χ2n) is 10.4. The molecule has 1 saturated heterocycles. The minimum Gasteiger partial charge on any atom is -0.381 e. The summed E-state index contributed by atoms with van der Waals surface area (Å²) in [6, 6.07) is 14.3. The summed E-state index contributed by atoms with van der Waals surface area (Å²) in [5.74, 6) is -6.63. The summed E-state index contributed by atoms with van der Waals surface area (Å²) in [6.45, 7) is 6.37. The van der Waals surface area contributed by atoms with Crippen LogP contribution >= 0.6 is 0 Å². The van der Waals surface area contributed by atoms with Gasteiger partial charge in [0.05, 0.1) is 4.90 Å². The Morgan fingerprint density at radius 1 is 1.00 bits per heavy atom. The van der Waals surface area contributed by atoms with E-state index in [0.29, 0.717) is 37.6 Å². The van der Waals surface area contributed by atoms with Gasteiger partial charge in [-0.25, -0.2) is 26.0 Å². The van der Waals surface area contributed by atoms with Crippen LogP contribution in [0, 0.1) is 30.2 Å². The lowest BCUT2D eigenvalue weighted by Gasteiger charge is -2.42. The number of sulfonamides is 1. The van der Waals surface area contributed by atoms with Gasteiger partial charge in [-0.2, -0.15) is 4.31 Å². The minimum atomic E-state index is -3.80. The Labute approximate surface area is 226 Å². The van der Waals surface area contributed by atoms with Crippen LogP contribution in [0.15, 0.2) is 71.6 Å². The molecule has 1 aliphatic carbocycles. The van der Waals surface area contributed by atoms with Crippen molar-refractivity contribution in [1.29, 1.82) is 0 Å². The lowest BCUT2D eigenvalue weighted by Crippen LogP contribution is -2.49. The van der Waals surface area contributed by atoms with Gasteiger partial charge in [0.25, 0.3) is 0 Å². The molecule has 9 heteroatoms. The van der Waals surface area contributed by atoms with Gasteiger partial charge >= 0.3 is 0 Å². The second-order valence-corrected chi connectivity index (χ2v) is 12.3. The molecule has 2 aliphatic rings. The monoisotopic (exact) mass is 558 g/mol. The molecule has 1 saturated carbocycles. The Hall–Kier alpha value is -3.17. The van der Waals surface area contributed by atoms with Crippen LogP contribution in [0.1, 0.15) is 48.8 Å². The van der Waals surface area contributed by atoms with Crippen molar-refractivity contribution < 1.29 is 26.0 Å². The van der Waals surface area contributed by atoms with E-state index < -0.39 is 38.7 Å². The average Bonchev–Trinajstić information content (AvgIpc) is 3.57. The number of nitrogens with one attached hydrogen (secondary N) is 1. The zero-order valence-electron chi connectivity index (χ0n) is 21.6. The number of aryl methyl sites for hydroxylation is 1. The summed E-state index contributed by atoms with van der Waals surface area (Å²) < 4.78 is 84.8. The van der Waals surface area contributed by atoms with Crippen molar-refractivity contribution in [3.8, 4) is 0 Å². The molecule has 3 aromatic rings. The Morgan fingerprint density at radius 2 is 1.72 bits per heavy atom. The van der Waals surface area contributed by atoms with Crippen LogP contribution in [-0.2, 0) is 22.0 Å². The van der Waals surface area contributed by atoms with Gasteiger partial charge in [0.2, 0.25) is 10.0 Å². The Morgan fingerprint density at radius 3 is 2.41 bits per heavy atom. The van der Waals surface area contributed by atoms with Gasteiger partial charge in [0, 0.05) is 35.8 Å². The normalized spacial score (nSPS) is 22.0. The van der Waals surface area contributed by atoms with Crippen molar-refractivity contribution in [2.45, 2.75) is 61.9 Å². The summed E-state index contributed by atoms with van der Waals surface area (Å²) >= 11 is 0. The predicted octanol–water partition coefficient (Wildman–Crippen LogP) is 6.99. The van der Waals surface area contributed by atoms with E-state index in [1.165, 1.54) is 0 Å². The quantitative estimate of drug-likeness (QED) is 0.147. The molecule has 3 aromatic carbocycles. The maximum absolute atomic E-state index is 14.4. The van der Waals surface area contributed by atoms with Crippen molar-refractivity contribution >= 4 is 15.7 Å². The summed E-state index contributed by atoms with van der Waals surface area (Å²) in [6.07, 6.45) is 3.56. The molecule has 5 rings (SSSR count). The zero-order chi connectivity index (χ0) is 27.9. The van der Waals surface area contributed by atoms with E-state index in [-0.39, 0.29) is 23.0 Å². The minimum absolute atomic E-state index is 0.237. The number of nitrogens with zero attached hydrogens (tertiary/aromatic N) is 1. The molecule has 2 atom stereocenters. The van der Waals surface area contributed by atoms with E-state index in [4.69, 9.17) is 0 Å². The third kappa shape index (κ3) is 4.65. The molecule has 1 heterocycles. The lowest BCUT2D eigenvalue weighted by molar-refractivity contribution is 0.275. The molecule has 0 radical (unpaired) electrons. The number of rotatable bonds is 7. The van der Waals surface area contributed by atoms with Crippen molar-refractivity contribution in [3.05, 3.63) is 107 Å². The maximum Gasteiger partial charge on any atom is 0.243 e. The highest BCUT2D eigenvalue weighted by Crippen LogP contribution is 2.54. The highest BCUT2D eigenvalue weighted by atomic mass is 32.2. The molecule has 0 amide bonds. The van der Waals surface area contributed by atoms with Gasteiger partial charge in [0.1, 0.15) is 0 Å². The van der Waals surface area contributed by atoms with Crippen LogP contribution < -0.4 is 5.32 Å². The molecule has 1 N–H and O–H groups in total. The fourth-order valence-corrected chi connectivity index (χ4v) is 7.96. The van der Waals surface area contributed by atoms with E-state index in [1.54, 1.807) is 40.7 Å². The number of para-hydroxylation sites is 1. The van der Waals surface area contributed by atoms with Gasteiger partial charge in [-0.05, 0) is 68.9 Å². The lowest BCUT2D eigenvalue weighted by atomic mass is 9.69. The first-order chi connectivity index (χ1) is 18.6. The molecule has 206 valence electrons. The zero-order valence-corrected chi connectivity index (χ0v) is 22.4. The standard InChI is InChI=1S/C30H30F4N2O2S/c1-19-11-13-22(14-12-19)39(37,38)36-16-6-10-26(36)30(15-5-7-20(30)2)23-8-3-4-9-25(23)35-18-21-17-24(31)28(33)29(34)27(21)32/h3-4,8-9,11-14,17,26,35H,2,5-7,10,15-16,18H2,1H3/t26-,30+/m1/s1. The van der Waals surface area contributed by atoms with Crippen LogP contribution in [0.2, 0.25) is 0 Å². The first kappa shape index (κ1) is 27.4. The van der Waals surface area contributed by atoms with Crippen LogP contribution in [0.3, 0.4) is 0 Å². The Bertz CT molecular complexity index is 1520. The summed E-state index contributed by atoms with van der Waals surface area (Å²) in [4.78, 5) is 0.237. The topological polar surface area (TPSA) is 49.4 Å². The second kappa shape index (κ2) is 10.4. The number of hydrogen-bond acceptors (Lipinski definition) is 3. The van der Waals surface area contributed by atoms with Crippen LogP contribution in [0.4, 0.5) is 23.2 Å². The predicted molar refractivity (Wildman–Crippen MR) is 143 cm³/mol. The van der Waals surface area contributed by atoms with Crippen molar-refractivity contribution in [3.63, 3.8) is 0 Å². The highest BCUT2D eigenvalue weighted by Gasteiger charge is 2.53. The smallest absolute Gasteiger partial charge is 0.243 e. The third-order valence-corrected chi connectivity index (χ3v) is 10.1. The van der Waals surface area contributed by atoms with Gasteiger partial charge in [-0.3, -0.25) is 0 Å². The molecule has 0 bridgehead atoms. The number of halogens is 4. The van der Waals surface area contributed by atoms with E-state index in [2.05, 4.69) is 11.9 Å². The molecule has 0 spiro atoms. The van der Waals surface area contributed by atoms with Gasteiger partial charge in [0.15, 0.2) is 23.3 Å². The number of hydrogen-bond donors (Lipinski definition) is 1. The average molecular weight is 559 g/mol. The van der Waals surface area contributed by atoms with Crippen molar-refractivity contribution in [1.82, 2.24) is 4.31 Å². The molecular weight excluding hydrogens is 528 g/mol. The maximum atomic E-state index is 14.4. The van der Waals surface area contributed by atoms with Crippen molar-refractivity contribution in [2.75, 3.05) is 11.9 Å². The number of anilines is 1. The first-order valence-electron chi connectivity index (χ1n) is 13.0. The van der Waals surface area contributed by atoms with Crippen LogP contribution in [0.25, 0.3) is 0 Å². The SMILES string of the molecule is C=C1CCC[C@]1(c1ccccc1NCc1cc(F)c(F)c(F)c1F)[C@H]1CCCN1S(=O)(=O)c1ccc(C)cc1. The molecular formula is C30H30F4N2O2S. The molecule has 39 heavy (non-hydrogen) atoms. The molecule has 0 aromatic heterocycles. The van der Waals surface area contributed by atoms with E-state index in [0.717, 1.165) is 29.5 Å². The molecule has 4 nitrogen and oxygen atoms in total. The number of benzene rings is 3. The van der Waals surface area contributed by atoms with Crippen LogP contribution in [0.5, 0.6) is 0 Å². The fourth-order valence-electron chi connectivity index (χ4n) is 6.22. The summed E-state index contributed by atoms with van der Waals surface area (Å²) in [7, 11) is -3.80. The van der Waals surface area contributed by atoms with Gasteiger partial charge in [-0.1, -0.05) is 48.0 Å². The van der Waals surface area contributed by atoms with Gasteiger partial charge < -0.3 is 5.32 Å². The summed E-state index contributed by atoms with van der Waals surface area (Å²) in [5, 5.41) is 3.08. The largest absolute Gasteiger partial charge is 0.381 e. The fraction of sp³-hybridized carbons (Fsp3) is 0.333. The third-order valence-electron chi connectivity index (χ3n) is 8.14. The van der Waals surface area contributed by atoms with E-state index >= 15 is 0 Å². The first-order valence-corrected chi connectivity index (χ1v) is 14.4. The van der Waals surface area contributed by atoms with Crippen molar-refractivity contribution in [2.24, 2.45) is 0 Å².